The molecule has 1 aromatic heterocycles. The van der Waals surface area contributed by atoms with Crippen LogP contribution in [0.25, 0.3) is 0 Å². The number of hydrogen-bond donors (Lipinski definition) is 1. The lowest BCUT2D eigenvalue weighted by molar-refractivity contribution is -0.133. The molecule has 4 rings (SSSR count). The van der Waals surface area contributed by atoms with Crippen LogP contribution in [-0.4, -0.2) is 78.7 Å². The van der Waals surface area contributed by atoms with E-state index in [4.69, 9.17) is 4.74 Å². The second kappa shape index (κ2) is 8.85. The standard InChI is InChI=1S/C20H28N4O4.ClH/c1-13-5-8-24(15-3-6-21-7-4-15)20(27)17(13)19(26)23-9-14-11-28-12-16(10-23)22(2)18(14)25;/h5,8,14-16,21H,3-4,6-7,9-12H2,1-2H3;1H/t14-,16+;/m1./s1. The zero-order chi connectivity index (χ0) is 19.8. The van der Waals surface area contributed by atoms with Crippen molar-refractivity contribution in [2.24, 2.45) is 5.92 Å². The third-order valence-electron chi connectivity index (χ3n) is 6.28. The Morgan fingerprint density at radius 3 is 2.59 bits per heavy atom. The molecule has 2 bridgehead atoms. The Bertz CT molecular complexity index is 836. The van der Waals surface area contributed by atoms with E-state index >= 15 is 0 Å². The molecule has 0 aliphatic carbocycles. The summed E-state index contributed by atoms with van der Waals surface area (Å²) < 4.78 is 7.33. The number of nitrogens with zero attached hydrogens (tertiary/aromatic N) is 3. The van der Waals surface area contributed by atoms with Crippen LogP contribution in [0.4, 0.5) is 0 Å². The fourth-order valence-electron chi connectivity index (χ4n) is 4.50. The molecule has 3 aliphatic heterocycles. The topological polar surface area (TPSA) is 83.9 Å². The number of carbonyl (C=O) groups excluding carboxylic acids is 2. The van der Waals surface area contributed by atoms with Gasteiger partial charge in [0.15, 0.2) is 0 Å². The molecule has 2 amide bonds. The van der Waals surface area contributed by atoms with Crippen LogP contribution >= 0.6 is 12.4 Å². The van der Waals surface area contributed by atoms with Gasteiger partial charge in [0.05, 0.1) is 25.2 Å². The van der Waals surface area contributed by atoms with Gasteiger partial charge in [-0.1, -0.05) is 0 Å². The van der Waals surface area contributed by atoms with Crippen LogP contribution in [0.15, 0.2) is 17.1 Å². The van der Waals surface area contributed by atoms with Gasteiger partial charge in [0.1, 0.15) is 5.56 Å². The molecule has 0 spiro atoms. The molecule has 1 aromatic rings. The quantitative estimate of drug-likeness (QED) is 0.744. The number of carbonyl (C=O) groups is 2. The average molecular weight is 425 g/mol. The van der Waals surface area contributed by atoms with E-state index in [9.17, 15) is 14.4 Å². The predicted octanol–water partition coefficient (Wildman–Crippen LogP) is 0.432. The summed E-state index contributed by atoms with van der Waals surface area (Å²) in [4.78, 5) is 42.6. The van der Waals surface area contributed by atoms with Crippen molar-refractivity contribution in [3.8, 4) is 0 Å². The van der Waals surface area contributed by atoms with E-state index in [0.717, 1.165) is 25.9 Å². The highest BCUT2D eigenvalue weighted by Crippen LogP contribution is 2.22. The lowest BCUT2D eigenvalue weighted by Crippen LogP contribution is -2.47. The first-order chi connectivity index (χ1) is 13.5. The Morgan fingerprint density at radius 2 is 1.86 bits per heavy atom. The normalized spacial score (nSPS) is 25.4. The summed E-state index contributed by atoms with van der Waals surface area (Å²) in [5.41, 5.74) is 0.699. The molecule has 1 N–H and O–H groups in total. The van der Waals surface area contributed by atoms with Crippen molar-refractivity contribution in [3.05, 3.63) is 33.7 Å². The van der Waals surface area contributed by atoms with Crippen molar-refractivity contribution in [2.45, 2.75) is 31.8 Å². The molecule has 0 saturated carbocycles. The fourth-order valence-corrected chi connectivity index (χ4v) is 4.50. The molecule has 0 aromatic carbocycles. The molecule has 0 radical (unpaired) electrons. The van der Waals surface area contributed by atoms with Gasteiger partial charge in [0.2, 0.25) is 5.91 Å². The Balaban J connectivity index is 0.00000240. The van der Waals surface area contributed by atoms with Gasteiger partial charge in [-0.05, 0) is 44.5 Å². The Kier molecular flexibility index (Phi) is 6.65. The number of fused-ring (bicyclic) bond motifs is 3. The first kappa shape index (κ1) is 21.8. The van der Waals surface area contributed by atoms with Crippen LogP contribution < -0.4 is 10.9 Å². The Morgan fingerprint density at radius 1 is 1.14 bits per heavy atom. The van der Waals surface area contributed by atoms with Crippen molar-refractivity contribution < 1.29 is 14.3 Å². The number of likely N-dealkylation sites (N-methyl/N-ethyl adjacent to an activating group) is 1. The molecule has 4 heterocycles. The summed E-state index contributed by atoms with van der Waals surface area (Å²) in [7, 11) is 1.76. The van der Waals surface area contributed by atoms with Crippen molar-refractivity contribution in [1.29, 1.82) is 0 Å². The van der Waals surface area contributed by atoms with Crippen molar-refractivity contribution in [3.63, 3.8) is 0 Å². The summed E-state index contributed by atoms with van der Waals surface area (Å²) >= 11 is 0. The first-order valence-corrected chi connectivity index (χ1v) is 10.0. The maximum Gasteiger partial charge on any atom is 0.263 e. The summed E-state index contributed by atoms with van der Waals surface area (Å²) in [6.07, 6.45) is 3.56. The third-order valence-corrected chi connectivity index (χ3v) is 6.28. The van der Waals surface area contributed by atoms with Crippen LogP contribution in [-0.2, 0) is 9.53 Å². The molecule has 29 heavy (non-hydrogen) atoms. The van der Waals surface area contributed by atoms with Crippen LogP contribution in [0.3, 0.4) is 0 Å². The predicted molar refractivity (Wildman–Crippen MR) is 111 cm³/mol. The van der Waals surface area contributed by atoms with Crippen LogP contribution in [0.5, 0.6) is 0 Å². The molecular formula is C20H29ClN4O4. The molecule has 0 unspecified atom stereocenters. The van der Waals surface area contributed by atoms with Crippen LogP contribution in [0.1, 0.15) is 34.8 Å². The van der Waals surface area contributed by atoms with Crippen molar-refractivity contribution >= 4 is 24.2 Å². The molecule has 3 fully saturated rings. The number of rotatable bonds is 2. The number of nitrogens with one attached hydrogen (secondary N) is 1. The van der Waals surface area contributed by atoms with Crippen LogP contribution in [0, 0.1) is 12.8 Å². The SMILES string of the molecule is Cc1ccn(C2CCNCC2)c(=O)c1C(=O)N1C[C@@H]2COC[C@H](C1)N(C)C2=O.Cl. The molecule has 9 heteroatoms. The molecule has 3 saturated heterocycles. The lowest BCUT2D eigenvalue weighted by Gasteiger charge is -2.30. The van der Waals surface area contributed by atoms with Gasteiger partial charge in [0, 0.05) is 32.4 Å². The van der Waals surface area contributed by atoms with Gasteiger partial charge in [-0.2, -0.15) is 0 Å². The number of halogens is 1. The van der Waals surface area contributed by atoms with E-state index in [2.05, 4.69) is 5.32 Å². The number of aryl methyl sites for hydroxylation is 1. The van der Waals surface area contributed by atoms with Gasteiger partial charge in [0.25, 0.3) is 11.5 Å². The molecule has 3 aliphatic rings. The second-order valence-corrected chi connectivity index (χ2v) is 8.11. The maximum absolute atomic E-state index is 13.4. The lowest BCUT2D eigenvalue weighted by atomic mass is 10.0. The third kappa shape index (κ3) is 4.06. The molecule has 2 atom stereocenters. The molecule has 160 valence electrons. The number of hydrogen-bond acceptors (Lipinski definition) is 5. The molecular weight excluding hydrogens is 396 g/mol. The summed E-state index contributed by atoms with van der Waals surface area (Å²) in [5.74, 6) is -0.641. The summed E-state index contributed by atoms with van der Waals surface area (Å²) in [6.45, 7) is 4.96. The Hall–Kier alpha value is -1.90. The van der Waals surface area contributed by atoms with E-state index in [-0.39, 0.29) is 53.3 Å². The van der Waals surface area contributed by atoms with Gasteiger partial charge in [-0.3, -0.25) is 14.4 Å². The van der Waals surface area contributed by atoms with E-state index in [1.165, 1.54) is 0 Å². The van der Waals surface area contributed by atoms with Crippen LogP contribution in [0.2, 0.25) is 0 Å². The Labute approximate surface area is 176 Å². The zero-order valence-corrected chi connectivity index (χ0v) is 17.7. The smallest absolute Gasteiger partial charge is 0.263 e. The highest BCUT2D eigenvalue weighted by molar-refractivity contribution is 5.96. The van der Waals surface area contributed by atoms with Gasteiger partial charge >= 0.3 is 0 Å². The minimum Gasteiger partial charge on any atom is -0.378 e. The van der Waals surface area contributed by atoms with E-state index in [0.29, 0.717) is 31.9 Å². The number of piperidine rings is 1. The fraction of sp³-hybridized carbons (Fsp3) is 0.650. The van der Waals surface area contributed by atoms with Gasteiger partial charge < -0.3 is 24.4 Å². The number of ether oxygens (including phenoxy) is 1. The number of amides is 2. The van der Waals surface area contributed by atoms with Gasteiger partial charge in [-0.15, -0.1) is 12.4 Å². The largest absolute Gasteiger partial charge is 0.378 e. The first-order valence-electron chi connectivity index (χ1n) is 10.0. The van der Waals surface area contributed by atoms with E-state index in [1.807, 2.05) is 12.3 Å². The minimum absolute atomic E-state index is 0. The molecule has 8 nitrogen and oxygen atoms in total. The van der Waals surface area contributed by atoms with Crippen molar-refractivity contribution in [2.75, 3.05) is 46.4 Å². The monoisotopic (exact) mass is 424 g/mol. The highest BCUT2D eigenvalue weighted by atomic mass is 35.5. The highest BCUT2D eigenvalue weighted by Gasteiger charge is 2.39. The van der Waals surface area contributed by atoms with E-state index < -0.39 is 0 Å². The summed E-state index contributed by atoms with van der Waals surface area (Å²) in [5, 5.41) is 3.30. The minimum atomic E-state index is -0.378. The number of pyridine rings is 1. The van der Waals surface area contributed by atoms with Gasteiger partial charge in [-0.25, -0.2) is 0 Å². The summed E-state index contributed by atoms with van der Waals surface area (Å²) in [6, 6.07) is 1.79. The average Bonchev–Trinajstić information content (AvgIpc) is 2.87. The zero-order valence-electron chi connectivity index (χ0n) is 16.9. The van der Waals surface area contributed by atoms with Crippen molar-refractivity contribution in [1.82, 2.24) is 19.7 Å². The number of aromatic nitrogens is 1. The van der Waals surface area contributed by atoms with E-state index in [1.54, 1.807) is 28.3 Å². The second-order valence-electron chi connectivity index (χ2n) is 8.11. The maximum atomic E-state index is 13.4.